The highest BCUT2D eigenvalue weighted by molar-refractivity contribution is 5.68. The van der Waals surface area contributed by atoms with Gasteiger partial charge >= 0.3 is 0 Å². The number of benzene rings is 1. The Kier molecular flexibility index (Phi) is 8.93. The minimum absolute atomic E-state index is 0. The van der Waals surface area contributed by atoms with Crippen molar-refractivity contribution in [1.29, 1.82) is 0 Å². The molecule has 4 heteroatoms. The van der Waals surface area contributed by atoms with Crippen LogP contribution in [-0.4, -0.2) is 18.3 Å². The molecule has 0 aliphatic heterocycles. The van der Waals surface area contributed by atoms with Crippen LogP contribution in [0.1, 0.15) is 66.2 Å². The maximum atomic E-state index is 13.1. The highest BCUT2D eigenvalue weighted by Gasteiger charge is 2.18. The van der Waals surface area contributed by atoms with Gasteiger partial charge in [0.2, 0.25) is 0 Å². The Labute approximate surface area is 170 Å². The number of aryl methyl sites for hydroxylation is 1. The summed E-state index contributed by atoms with van der Waals surface area (Å²) in [5.41, 5.74) is 4.21. The number of halogens is 1. The number of ether oxygens (including phenoxy) is 1. The van der Waals surface area contributed by atoms with Gasteiger partial charge < -0.3 is 9.72 Å². The van der Waals surface area contributed by atoms with E-state index in [1.54, 1.807) is 6.07 Å². The quantitative estimate of drug-likeness (QED) is 0.602. The number of hydrogen-bond acceptors (Lipinski definition) is 2. The van der Waals surface area contributed by atoms with Crippen LogP contribution in [0, 0.1) is 19.8 Å². The lowest BCUT2D eigenvalue weighted by Gasteiger charge is -2.22. The van der Waals surface area contributed by atoms with E-state index < -0.39 is 6.67 Å². The summed E-state index contributed by atoms with van der Waals surface area (Å²) in [6.45, 7) is 16.0. The molecule has 0 saturated heterocycles. The molecule has 0 aliphatic rings. The molecule has 28 heavy (non-hydrogen) atoms. The largest absolute Gasteiger partial charge is 0.492 e. The Morgan fingerprint density at radius 2 is 1.82 bits per heavy atom. The fraction of sp³-hybridized carbons (Fsp3) is 0.542. The number of pyridine rings is 1. The van der Waals surface area contributed by atoms with E-state index in [9.17, 15) is 9.18 Å². The molecule has 1 aromatic heterocycles. The van der Waals surface area contributed by atoms with Crippen molar-refractivity contribution in [2.24, 2.45) is 5.92 Å². The van der Waals surface area contributed by atoms with Crippen LogP contribution >= 0.6 is 0 Å². The van der Waals surface area contributed by atoms with E-state index in [-0.39, 0.29) is 18.2 Å². The highest BCUT2D eigenvalue weighted by Crippen LogP contribution is 2.34. The van der Waals surface area contributed by atoms with Gasteiger partial charge in [-0.15, -0.1) is 0 Å². The summed E-state index contributed by atoms with van der Waals surface area (Å²) in [5.74, 6) is 0.558. The number of alkyl halides is 1. The van der Waals surface area contributed by atoms with Gasteiger partial charge in [-0.05, 0) is 43.4 Å². The molecule has 1 aromatic carbocycles. The Morgan fingerprint density at radius 3 is 2.32 bits per heavy atom. The van der Waals surface area contributed by atoms with Crippen molar-refractivity contribution in [2.45, 2.75) is 67.2 Å². The van der Waals surface area contributed by atoms with Crippen molar-refractivity contribution in [2.75, 3.05) is 13.3 Å². The molecular formula is C24H38FNO2. The van der Waals surface area contributed by atoms with Gasteiger partial charge in [0.25, 0.3) is 0 Å². The molecule has 0 bridgehead atoms. The molecule has 1 atom stereocenters. The van der Waals surface area contributed by atoms with E-state index in [4.69, 9.17) is 4.74 Å². The smallest absolute Gasteiger partial charge is 0.185 e. The number of H-pyrrole nitrogens is 1. The molecule has 3 nitrogen and oxygen atoms in total. The van der Waals surface area contributed by atoms with E-state index in [1.807, 2.05) is 46.8 Å². The van der Waals surface area contributed by atoms with Crippen molar-refractivity contribution in [3.8, 4) is 17.0 Å². The Balaban J connectivity index is 0.00000253. The second-order valence-corrected chi connectivity index (χ2v) is 8.00. The molecule has 0 spiro atoms. The summed E-state index contributed by atoms with van der Waals surface area (Å²) >= 11 is 0. The van der Waals surface area contributed by atoms with E-state index in [2.05, 4.69) is 31.8 Å². The molecular weight excluding hydrogens is 353 g/mol. The van der Waals surface area contributed by atoms with E-state index in [0.29, 0.717) is 17.9 Å². The summed E-state index contributed by atoms with van der Waals surface area (Å²) in [6, 6.07) is 7.65. The SMILES string of the molecule is CC.CC[C@H](CF)COc1cc(C(C)(C)C)ccc1-c1cc(=O)c(C)c(C)[nH]1.[HH]. The van der Waals surface area contributed by atoms with Crippen LogP contribution in [0.25, 0.3) is 11.3 Å². The van der Waals surface area contributed by atoms with Gasteiger partial charge in [-0.2, -0.15) is 0 Å². The standard InChI is InChI=1S/C22H30FNO2.C2H6.H2/c1-7-16(12-23)13-26-21-10-17(22(4,5)6)8-9-18(21)19-11-20(25)14(2)15(3)24-19;1-2;/h8-11,16H,7,12-13H2,1-6H3,(H,24,25);1-2H3;1H/t16-;;/m1../s1. The fourth-order valence-electron chi connectivity index (χ4n) is 2.71. The molecule has 2 aromatic rings. The van der Waals surface area contributed by atoms with Crippen molar-refractivity contribution in [1.82, 2.24) is 4.98 Å². The first kappa shape index (κ1) is 23.9. The second kappa shape index (κ2) is 10.4. The van der Waals surface area contributed by atoms with E-state index >= 15 is 0 Å². The zero-order chi connectivity index (χ0) is 21.5. The molecule has 0 radical (unpaired) electrons. The lowest BCUT2D eigenvalue weighted by Crippen LogP contribution is -2.16. The summed E-state index contributed by atoms with van der Waals surface area (Å²) in [5, 5.41) is 0. The molecule has 2 rings (SSSR count). The minimum atomic E-state index is -0.398. The van der Waals surface area contributed by atoms with Gasteiger partial charge in [0.05, 0.1) is 19.0 Å². The zero-order valence-corrected chi connectivity index (χ0v) is 18.7. The predicted octanol–water partition coefficient (Wildman–Crippen LogP) is 6.60. The third-order valence-electron chi connectivity index (χ3n) is 4.94. The lowest BCUT2D eigenvalue weighted by molar-refractivity contribution is 0.212. The van der Waals surface area contributed by atoms with Gasteiger partial charge in [0, 0.05) is 30.2 Å². The molecule has 0 aliphatic carbocycles. The van der Waals surface area contributed by atoms with Gasteiger partial charge in [0.15, 0.2) is 5.43 Å². The number of rotatable bonds is 6. The average molecular weight is 392 g/mol. The second-order valence-electron chi connectivity index (χ2n) is 8.00. The number of hydrogen-bond donors (Lipinski definition) is 1. The molecule has 1 heterocycles. The molecule has 1 N–H and O–H groups in total. The third kappa shape index (κ3) is 5.95. The van der Waals surface area contributed by atoms with Crippen molar-refractivity contribution < 1.29 is 10.6 Å². The summed E-state index contributed by atoms with van der Waals surface area (Å²) in [7, 11) is 0. The Bertz CT molecular complexity index is 821. The van der Waals surface area contributed by atoms with Gasteiger partial charge in [-0.3, -0.25) is 9.18 Å². The van der Waals surface area contributed by atoms with Crippen LogP contribution in [0.4, 0.5) is 4.39 Å². The maximum Gasteiger partial charge on any atom is 0.185 e. The van der Waals surface area contributed by atoms with Crippen LogP contribution in [0.2, 0.25) is 0 Å². The molecule has 158 valence electrons. The molecule has 0 fully saturated rings. The number of aromatic nitrogens is 1. The van der Waals surface area contributed by atoms with Crippen LogP contribution < -0.4 is 10.2 Å². The van der Waals surface area contributed by atoms with Crippen molar-refractivity contribution in [3.63, 3.8) is 0 Å². The first-order chi connectivity index (χ1) is 13.2. The first-order valence-electron chi connectivity index (χ1n) is 10.2. The van der Waals surface area contributed by atoms with Crippen molar-refractivity contribution >= 4 is 0 Å². The monoisotopic (exact) mass is 391 g/mol. The van der Waals surface area contributed by atoms with Gasteiger partial charge in [-0.1, -0.05) is 47.6 Å². The summed E-state index contributed by atoms with van der Waals surface area (Å²) < 4.78 is 19.1. The Morgan fingerprint density at radius 1 is 1.18 bits per heavy atom. The molecule has 0 unspecified atom stereocenters. The molecule has 0 saturated carbocycles. The zero-order valence-electron chi connectivity index (χ0n) is 18.7. The maximum absolute atomic E-state index is 13.1. The predicted molar refractivity (Wildman–Crippen MR) is 119 cm³/mol. The topological polar surface area (TPSA) is 42.1 Å². The number of aromatic amines is 1. The summed E-state index contributed by atoms with van der Waals surface area (Å²) in [4.78, 5) is 15.5. The fourth-order valence-corrected chi connectivity index (χ4v) is 2.71. The Hall–Kier alpha value is -2.10. The van der Waals surface area contributed by atoms with Gasteiger partial charge in [0.1, 0.15) is 5.75 Å². The van der Waals surface area contributed by atoms with E-state index in [1.165, 1.54) is 0 Å². The molecule has 0 amide bonds. The van der Waals surface area contributed by atoms with Crippen molar-refractivity contribution in [3.05, 3.63) is 51.3 Å². The highest BCUT2D eigenvalue weighted by atomic mass is 19.1. The number of nitrogens with one attached hydrogen (secondary N) is 1. The summed E-state index contributed by atoms with van der Waals surface area (Å²) in [6.07, 6.45) is 0.727. The van der Waals surface area contributed by atoms with Crippen LogP contribution in [-0.2, 0) is 5.41 Å². The normalized spacial score (nSPS) is 12.2. The third-order valence-corrected chi connectivity index (χ3v) is 4.94. The minimum Gasteiger partial charge on any atom is -0.492 e. The van der Waals surface area contributed by atoms with Crippen LogP contribution in [0.5, 0.6) is 5.75 Å². The lowest BCUT2D eigenvalue weighted by atomic mass is 9.86. The van der Waals surface area contributed by atoms with Crippen LogP contribution in [0.15, 0.2) is 29.1 Å². The van der Waals surface area contributed by atoms with Gasteiger partial charge in [-0.25, -0.2) is 0 Å². The first-order valence-corrected chi connectivity index (χ1v) is 10.2. The average Bonchev–Trinajstić information content (AvgIpc) is 2.67. The van der Waals surface area contributed by atoms with Crippen LogP contribution in [0.3, 0.4) is 0 Å². The van der Waals surface area contributed by atoms with E-state index in [0.717, 1.165) is 28.9 Å².